The molecule has 120 valence electrons. The van der Waals surface area contributed by atoms with Gasteiger partial charge in [-0.15, -0.1) is 0 Å². The molecule has 0 amide bonds. The molecule has 0 spiro atoms. The standard InChI is InChI=1S/C17H17N7/c18-17-21-14-13(10-5-6-10)20-15(22-16(14)23-17)12-8-7-9-3-1-2-4-11(9)24(12)19/h1-4,8,10H,5-7,19H2,(H3,18,20,21,22,23). The maximum atomic E-state index is 6.35. The van der Waals surface area contributed by atoms with Gasteiger partial charge in [0.1, 0.15) is 5.52 Å². The summed E-state index contributed by atoms with van der Waals surface area (Å²) in [6, 6.07) is 8.09. The lowest BCUT2D eigenvalue weighted by Gasteiger charge is -2.27. The van der Waals surface area contributed by atoms with Crippen molar-refractivity contribution in [2.45, 2.75) is 25.2 Å². The Morgan fingerprint density at radius 1 is 1.12 bits per heavy atom. The zero-order valence-corrected chi connectivity index (χ0v) is 13.0. The zero-order chi connectivity index (χ0) is 16.3. The smallest absolute Gasteiger partial charge is 0.200 e. The fourth-order valence-corrected chi connectivity index (χ4v) is 3.26. The van der Waals surface area contributed by atoms with Gasteiger partial charge in [0.15, 0.2) is 17.4 Å². The molecule has 24 heavy (non-hydrogen) atoms. The van der Waals surface area contributed by atoms with Crippen molar-refractivity contribution in [2.24, 2.45) is 5.84 Å². The number of H-pyrrole nitrogens is 1. The number of nitrogens with zero attached hydrogens (tertiary/aromatic N) is 4. The Balaban J connectivity index is 1.66. The van der Waals surface area contributed by atoms with Crippen LogP contribution in [-0.2, 0) is 6.42 Å². The third-order valence-electron chi connectivity index (χ3n) is 4.62. The Labute approximate surface area is 138 Å². The number of imidazole rings is 1. The van der Waals surface area contributed by atoms with Gasteiger partial charge in [-0.05, 0) is 30.9 Å². The molecule has 0 saturated heterocycles. The van der Waals surface area contributed by atoms with Gasteiger partial charge < -0.3 is 10.7 Å². The zero-order valence-electron chi connectivity index (χ0n) is 13.0. The van der Waals surface area contributed by atoms with Crippen LogP contribution in [-0.4, -0.2) is 19.9 Å². The first-order valence-electron chi connectivity index (χ1n) is 8.07. The molecule has 7 heteroatoms. The lowest BCUT2D eigenvalue weighted by atomic mass is 10.0. The summed E-state index contributed by atoms with van der Waals surface area (Å²) in [5.74, 6) is 7.77. The minimum atomic E-state index is 0.367. The maximum absolute atomic E-state index is 6.35. The summed E-state index contributed by atoms with van der Waals surface area (Å²) in [6.45, 7) is 0. The number of para-hydroxylation sites is 1. The van der Waals surface area contributed by atoms with E-state index in [0.717, 1.165) is 41.9 Å². The van der Waals surface area contributed by atoms with Crippen LogP contribution < -0.4 is 16.6 Å². The molecule has 1 aromatic carbocycles. The van der Waals surface area contributed by atoms with Gasteiger partial charge in [-0.25, -0.2) is 15.8 Å². The van der Waals surface area contributed by atoms with Gasteiger partial charge in [-0.3, -0.25) is 5.01 Å². The highest BCUT2D eigenvalue weighted by atomic mass is 15.4. The molecular weight excluding hydrogens is 302 g/mol. The number of benzene rings is 1. The van der Waals surface area contributed by atoms with Gasteiger partial charge in [-0.1, -0.05) is 24.3 Å². The summed E-state index contributed by atoms with van der Waals surface area (Å²) in [5.41, 5.74) is 11.2. The predicted octanol–water partition coefficient (Wildman–Crippen LogP) is 2.09. The van der Waals surface area contributed by atoms with Gasteiger partial charge in [0.2, 0.25) is 0 Å². The third-order valence-corrected chi connectivity index (χ3v) is 4.62. The van der Waals surface area contributed by atoms with E-state index in [9.17, 15) is 0 Å². The van der Waals surface area contributed by atoms with Crippen molar-refractivity contribution in [3.8, 4) is 0 Å². The Hall–Kier alpha value is -2.93. The lowest BCUT2D eigenvalue weighted by Crippen LogP contribution is -2.33. The van der Waals surface area contributed by atoms with Gasteiger partial charge in [-0.2, -0.15) is 4.98 Å². The van der Waals surface area contributed by atoms with Crippen molar-refractivity contribution in [1.82, 2.24) is 19.9 Å². The monoisotopic (exact) mass is 319 g/mol. The number of nitrogen functional groups attached to an aromatic ring is 1. The second-order valence-electron chi connectivity index (χ2n) is 6.32. The number of rotatable bonds is 2. The van der Waals surface area contributed by atoms with Crippen LogP contribution in [0.2, 0.25) is 0 Å². The van der Waals surface area contributed by atoms with E-state index in [2.05, 4.69) is 27.1 Å². The second-order valence-corrected chi connectivity index (χ2v) is 6.32. The quantitative estimate of drug-likeness (QED) is 0.624. The molecule has 0 atom stereocenters. The summed E-state index contributed by atoms with van der Waals surface area (Å²) < 4.78 is 0. The Morgan fingerprint density at radius 3 is 2.79 bits per heavy atom. The van der Waals surface area contributed by atoms with E-state index in [4.69, 9.17) is 16.6 Å². The molecule has 1 saturated carbocycles. The van der Waals surface area contributed by atoms with E-state index >= 15 is 0 Å². The topological polar surface area (TPSA) is 110 Å². The molecule has 7 nitrogen and oxygen atoms in total. The van der Waals surface area contributed by atoms with Crippen molar-refractivity contribution in [2.75, 3.05) is 10.7 Å². The van der Waals surface area contributed by atoms with Crippen LogP contribution in [0.5, 0.6) is 0 Å². The second kappa shape index (κ2) is 4.78. The van der Waals surface area contributed by atoms with Crippen LogP contribution in [0.4, 0.5) is 11.6 Å². The Morgan fingerprint density at radius 2 is 1.96 bits per heavy atom. The molecule has 1 aliphatic heterocycles. The van der Waals surface area contributed by atoms with Crippen LogP contribution in [0, 0.1) is 0 Å². The number of nitrogens with two attached hydrogens (primary N) is 2. The molecule has 3 heterocycles. The van der Waals surface area contributed by atoms with Crippen LogP contribution in [0.15, 0.2) is 30.3 Å². The van der Waals surface area contributed by atoms with Crippen LogP contribution in [0.1, 0.15) is 35.8 Å². The van der Waals surface area contributed by atoms with Gasteiger partial charge >= 0.3 is 0 Å². The average Bonchev–Trinajstić information content (AvgIpc) is 3.36. The number of anilines is 2. The Kier molecular flexibility index (Phi) is 2.69. The molecule has 1 fully saturated rings. The largest absolute Gasteiger partial charge is 0.369 e. The Bertz CT molecular complexity index is 984. The molecule has 1 aliphatic carbocycles. The highest BCUT2D eigenvalue weighted by Crippen LogP contribution is 2.42. The molecule has 3 aromatic rings. The van der Waals surface area contributed by atoms with E-state index in [1.807, 2.05) is 18.2 Å². The summed E-state index contributed by atoms with van der Waals surface area (Å²) in [4.78, 5) is 16.8. The van der Waals surface area contributed by atoms with Crippen molar-refractivity contribution in [1.29, 1.82) is 0 Å². The van der Waals surface area contributed by atoms with Crippen molar-refractivity contribution < 1.29 is 0 Å². The lowest BCUT2D eigenvalue weighted by molar-refractivity contribution is 0.954. The summed E-state index contributed by atoms with van der Waals surface area (Å²) in [6.07, 6.45) is 5.15. The van der Waals surface area contributed by atoms with Gasteiger partial charge in [0, 0.05) is 5.92 Å². The molecule has 2 aliphatic rings. The van der Waals surface area contributed by atoms with Gasteiger partial charge in [0.05, 0.1) is 17.1 Å². The normalized spacial score (nSPS) is 17.0. The van der Waals surface area contributed by atoms with E-state index in [1.165, 1.54) is 5.56 Å². The predicted molar refractivity (Wildman–Crippen MR) is 92.9 cm³/mol. The number of allylic oxidation sites excluding steroid dienone is 1. The minimum Gasteiger partial charge on any atom is -0.369 e. The number of aromatic nitrogens is 4. The maximum Gasteiger partial charge on any atom is 0.200 e. The van der Waals surface area contributed by atoms with Crippen LogP contribution >= 0.6 is 0 Å². The van der Waals surface area contributed by atoms with Crippen LogP contribution in [0.3, 0.4) is 0 Å². The number of hydrogen-bond acceptors (Lipinski definition) is 6. The van der Waals surface area contributed by atoms with Crippen molar-refractivity contribution in [3.63, 3.8) is 0 Å². The average molecular weight is 319 g/mol. The minimum absolute atomic E-state index is 0.367. The number of nitrogens with one attached hydrogen (secondary N) is 1. The van der Waals surface area contributed by atoms with Crippen molar-refractivity contribution >= 4 is 28.5 Å². The first kappa shape index (κ1) is 13.5. The molecule has 2 aromatic heterocycles. The first-order valence-corrected chi connectivity index (χ1v) is 8.07. The van der Waals surface area contributed by atoms with E-state index in [-0.39, 0.29) is 0 Å². The fraction of sp³-hybridized carbons (Fsp3) is 0.235. The fourth-order valence-electron chi connectivity index (χ4n) is 3.26. The summed E-state index contributed by atoms with van der Waals surface area (Å²) >= 11 is 0. The first-order chi connectivity index (χ1) is 11.7. The van der Waals surface area contributed by atoms with Crippen LogP contribution in [0.25, 0.3) is 16.9 Å². The molecule has 5 rings (SSSR count). The summed E-state index contributed by atoms with van der Waals surface area (Å²) in [5, 5.41) is 1.66. The van der Waals surface area contributed by atoms with Gasteiger partial charge in [0.25, 0.3) is 0 Å². The van der Waals surface area contributed by atoms with E-state index in [1.54, 1.807) is 5.01 Å². The molecule has 0 bridgehead atoms. The van der Waals surface area contributed by atoms with E-state index < -0.39 is 0 Å². The SMILES string of the molecule is Nc1nc2nc(C3=CCc4ccccc4N3N)nc(C3CC3)c2[nH]1. The number of fused-ring (bicyclic) bond motifs is 2. The summed E-state index contributed by atoms with van der Waals surface area (Å²) in [7, 11) is 0. The molecular formula is C17H17N7. The van der Waals surface area contributed by atoms with Crippen molar-refractivity contribution in [3.05, 3.63) is 47.4 Å². The highest BCUT2D eigenvalue weighted by molar-refractivity contribution is 5.83. The number of aromatic amines is 1. The highest BCUT2D eigenvalue weighted by Gasteiger charge is 2.30. The third kappa shape index (κ3) is 1.98. The number of hydrazine groups is 1. The molecule has 0 radical (unpaired) electrons. The molecule has 0 unspecified atom stereocenters. The molecule has 5 N–H and O–H groups in total. The number of hydrogen-bond donors (Lipinski definition) is 3. The van der Waals surface area contributed by atoms with E-state index in [0.29, 0.717) is 23.3 Å².